The molecule has 1 saturated heterocycles. The van der Waals surface area contributed by atoms with Crippen LogP contribution >= 0.6 is 0 Å². The van der Waals surface area contributed by atoms with Gasteiger partial charge in [-0.1, -0.05) is 19.1 Å². The van der Waals surface area contributed by atoms with Crippen molar-refractivity contribution in [2.24, 2.45) is 5.92 Å². The minimum Gasteiger partial charge on any atom is -0.398 e. The Bertz CT molecular complexity index is 414. The summed E-state index contributed by atoms with van der Waals surface area (Å²) in [6.07, 6.45) is 1.09. The van der Waals surface area contributed by atoms with E-state index in [-0.39, 0.29) is 5.91 Å². The quantitative estimate of drug-likeness (QED) is 0.733. The molecule has 1 fully saturated rings. The summed E-state index contributed by atoms with van der Waals surface area (Å²) in [6.45, 7) is 5.81. The van der Waals surface area contributed by atoms with Gasteiger partial charge in [0.2, 0.25) is 0 Å². The van der Waals surface area contributed by atoms with Crippen molar-refractivity contribution in [3.8, 4) is 0 Å². The number of anilines is 1. The third-order valence-corrected chi connectivity index (χ3v) is 3.27. The van der Waals surface area contributed by atoms with Crippen LogP contribution in [0.15, 0.2) is 18.2 Å². The van der Waals surface area contributed by atoms with Crippen molar-refractivity contribution in [3.05, 3.63) is 29.3 Å². The number of rotatable bonds is 1. The van der Waals surface area contributed by atoms with Gasteiger partial charge in [-0.3, -0.25) is 4.79 Å². The van der Waals surface area contributed by atoms with Crippen LogP contribution in [-0.2, 0) is 0 Å². The number of likely N-dealkylation sites (tertiary alicyclic amines) is 1. The van der Waals surface area contributed by atoms with Gasteiger partial charge in [0.05, 0.1) is 5.56 Å². The Balaban J connectivity index is 2.24. The van der Waals surface area contributed by atoms with E-state index in [1.165, 1.54) is 0 Å². The van der Waals surface area contributed by atoms with Gasteiger partial charge in [0.1, 0.15) is 0 Å². The Kier molecular flexibility index (Phi) is 2.86. The molecule has 0 bridgehead atoms. The van der Waals surface area contributed by atoms with E-state index >= 15 is 0 Å². The van der Waals surface area contributed by atoms with E-state index in [2.05, 4.69) is 6.92 Å². The summed E-state index contributed by atoms with van der Waals surface area (Å²) in [7, 11) is 0. The summed E-state index contributed by atoms with van der Waals surface area (Å²) in [5.74, 6) is 0.681. The molecule has 1 unspecified atom stereocenters. The first kappa shape index (κ1) is 11.0. The Morgan fingerprint density at radius 1 is 1.50 bits per heavy atom. The maximum atomic E-state index is 12.2. The second-order valence-electron chi connectivity index (χ2n) is 4.68. The highest BCUT2D eigenvalue weighted by molar-refractivity contribution is 5.99. The third-order valence-electron chi connectivity index (χ3n) is 3.27. The molecule has 1 amide bonds. The number of carbonyl (C=O) groups excluding carboxylic acids is 1. The zero-order valence-electron chi connectivity index (χ0n) is 9.86. The molecule has 1 aliphatic heterocycles. The van der Waals surface area contributed by atoms with Crippen LogP contribution in [0.4, 0.5) is 5.69 Å². The predicted octanol–water partition coefficient (Wildman–Crippen LogP) is 2.06. The first-order chi connectivity index (χ1) is 7.59. The Hall–Kier alpha value is -1.51. The van der Waals surface area contributed by atoms with Crippen LogP contribution in [-0.4, -0.2) is 23.9 Å². The fourth-order valence-corrected chi connectivity index (χ4v) is 2.16. The fourth-order valence-electron chi connectivity index (χ4n) is 2.16. The Morgan fingerprint density at radius 2 is 2.25 bits per heavy atom. The molecule has 86 valence electrons. The lowest BCUT2D eigenvalue weighted by molar-refractivity contribution is 0.0789. The topological polar surface area (TPSA) is 46.3 Å². The summed E-state index contributed by atoms with van der Waals surface area (Å²) >= 11 is 0. The minimum atomic E-state index is 0.0746. The van der Waals surface area contributed by atoms with Crippen molar-refractivity contribution < 1.29 is 4.79 Å². The van der Waals surface area contributed by atoms with Crippen molar-refractivity contribution in [1.29, 1.82) is 0 Å². The number of hydrogen-bond donors (Lipinski definition) is 1. The maximum Gasteiger partial charge on any atom is 0.255 e. The lowest BCUT2D eigenvalue weighted by Crippen LogP contribution is -2.29. The van der Waals surface area contributed by atoms with Crippen LogP contribution in [0.3, 0.4) is 0 Å². The van der Waals surface area contributed by atoms with Gasteiger partial charge in [-0.25, -0.2) is 0 Å². The standard InChI is InChI=1S/C13H18N2O/c1-9-6-7-15(8-9)13(16)11-5-3-4-10(2)12(11)14/h3-5,9H,6-8,14H2,1-2H3. The molecule has 0 aromatic heterocycles. The molecule has 1 atom stereocenters. The van der Waals surface area contributed by atoms with E-state index in [1.54, 1.807) is 0 Å². The summed E-state index contributed by atoms with van der Waals surface area (Å²) in [5, 5.41) is 0. The number of nitrogen functional groups attached to an aromatic ring is 1. The predicted molar refractivity (Wildman–Crippen MR) is 65.3 cm³/mol. The van der Waals surface area contributed by atoms with Gasteiger partial charge in [-0.05, 0) is 30.9 Å². The van der Waals surface area contributed by atoms with Crippen LogP contribution in [0.25, 0.3) is 0 Å². The van der Waals surface area contributed by atoms with Gasteiger partial charge in [0, 0.05) is 18.8 Å². The molecule has 1 aromatic carbocycles. The highest BCUT2D eigenvalue weighted by Gasteiger charge is 2.25. The average molecular weight is 218 g/mol. The van der Waals surface area contributed by atoms with Gasteiger partial charge < -0.3 is 10.6 Å². The first-order valence-corrected chi connectivity index (χ1v) is 5.74. The molecule has 16 heavy (non-hydrogen) atoms. The zero-order valence-corrected chi connectivity index (χ0v) is 9.86. The van der Waals surface area contributed by atoms with Gasteiger partial charge in [-0.2, -0.15) is 0 Å². The van der Waals surface area contributed by atoms with E-state index in [9.17, 15) is 4.79 Å². The van der Waals surface area contributed by atoms with E-state index in [0.717, 1.165) is 25.1 Å². The fraction of sp³-hybridized carbons (Fsp3) is 0.462. The molecule has 0 aliphatic carbocycles. The van der Waals surface area contributed by atoms with E-state index < -0.39 is 0 Å². The van der Waals surface area contributed by atoms with Crippen molar-refractivity contribution >= 4 is 11.6 Å². The van der Waals surface area contributed by atoms with Crippen LogP contribution in [0, 0.1) is 12.8 Å². The zero-order chi connectivity index (χ0) is 11.7. The Labute approximate surface area is 96.2 Å². The molecule has 0 saturated carbocycles. The summed E-state index contributed by atoms with van der Waals surface area (Å²) < 4.78 is 0. The minimum absolute atomic E-state index is 0.0746. The Morgan fingerprint density at radius 3 is 2.88 bits per heavy atom. The van der Waals surface area contributed by atoms with Crippen molar-refractivity contribution in [2.45, 2.75) is 20.3 Å². The second-order valence-corrected chi connectivity index (χ2v) is 4.68. The number of para-hydroxylation sites is 1. The molecule has 2 N–H and O–H groups in total. The number of nitrogens with zero attached hydrogens (tertiary/aromatic N) is 1. The molecule has 1 aromatic rings. The number of nitrogens with two attached hydrogens (primary N) is 1. The first-order valence-electron chi connectivity index (χ1n) is 5.74. The van der Waals surface area contributed by atoms with Crippen LogP contribution in [0.5, 0.6) is 0 Å². The van der Waals surface area contributed by atoms with E-state index in [1.807, 2.05) is 30.0 Å². The molecular formula is C13H18N2O. The summed E-state index contributed by atoms with van der Waals surface area (Å²) in [6, 6.07) is 5.63. The number of hydrogen-bond acceptors (Lipinski definition) is 2. The van der Waals surface area contributed by atoms with Gasteiger partial charge in [-0.15, -0.1) is 0 Å². The summed E-state index contributed by atoms with van der Waals surface area (Å²) in [4.78, 5) is 14.1. The molecule has 1 heterocycles. The SMILES string of the molecule is Cc1cccc(C(=O)N2CCC(C)C2)c1N. The largest absolute Gasteiger partial charge is 0.398 e. The van der Waals surface area contributed by atoms with Crippen molar-refractivity contribution in [1.82, 2.24) is 4.90 Å². The van der Waals surface area contributed by atoms with E-state index in [0.29, 0.717) is 17.2 Å². The molecule has 0 spiro atoms. The van der Waals surface area contributed by atoms with Gasteiger partial charge >= 0.3 is 0 Å². The molecule has 0 radical (unpaired) electrons. The smallest absolute Gasteiger partial charge is 0.255 e. The normalized spacial score (nSPS) is 20.1. The summed E-state index contributed by atoms with van der Waals surface area (Å²) in [5.41, 5.74) is 8.17. The molecule has 1 aliphatic rings. The van der Waals surface area contributed by atoms with Crippen LogP contribution < -0.4 is 5.73 Å². The van der Waals surface area contributed by atoms with Crippen LogP contribution in [0.1, 0.15) is 29.3 Å². The molecular weight excluding hydrogens is 200 g/mol. The maximum absolute atomic E-state index is 12.2. The monoisotopic (exact) mass is 218 g/mol. The number of carbonyl (C=O) groups is 1. The second kappa shape index (κ2) is 4.16. The van der Waals surface area contributed by atoms with E-state index in [4.69, 9.17) is 5.73 Å². The van der Waals surface area contributed by atoms with Crippen LogP contribution in [0.2, 0.25) is 0 Å². The lowest BCUT2D eigenvalue weighted by atomic mass is 10.1. The lowest BCUT2D eigenvalue weighted by Gasteiger charge is -2.17. The molecule has 3 nitrogen and oxygen atoms in total. The number of benzene rings is 1. The third kappa shape index (κ3) is 1.90. The van der Waals surface area contributed by atoms with Gasteiger partial charge in [0.15, 0.2) is 0 Å². The molecule has 2 rings (SSSR count). The van der Waals surface area contributed by atoms with Crippen molar-refractivity contribution in [2.75, 3.05) is 18.8 Å². The number of aryl methyl sites for hydroxylation is 1. The number of amides is 1. The average Bonchev–Trinajstić information content (AvgIpc) is 2.68. The van der Waals surface area contributed by atoms with Crippen molar-refractivity contribution in [3.63, 3.8) is 0 Å². The highest BCUT2D eigenvalue weighted by Crippen LogP contribution is 2.22. The highest BCUT2D eigenvalue weighted by atomic mass is 16.2. The molecule has 3 heteroatoms. The van der Waals surface area contributed by atoms with Gasteiger partial charge in [0.25, 0.3) is 5.91 Å².